The van der Waals surface area contributed by atoms with Crippen molar-refractivity contribution >= 4 is 11.8 Å². The van der Waals surface area contributed by atoms with Crippen LogP contribution in [0.1, 0.15) is 40.0 Å². The van der Waals surface area contributed by atoms with E-state index in [0.717, 1.165) is 29.5 Å². The van der Waals surface area contributed by atoms with Crippen LogP contribution in [0.5, 0.6) is 0 Å². The Bertz CT molecular complexity index is 1050. The van der Waals surface area contributed by atoms with Gasteiger partial charge in [-0.15, -0.1) is 0 Å². The first-order valence-corrected chi connectivity index (χ1v) is 10.2. The fourth-order valence-electron chi connectivity index (χ4n) is 3.23. The molecule has 0 saturated heterocycles. The lowest BCUT2D eigenvalue weighted by Crippen LogP contribution is -2.48. The number of hydrogen-bond donors (Lipinski definition) is 2. The molecule has 0 unspecified atom stereocenters. The Balaban J connectivity index is 1.49. The summed E-state index contributed by atoms with van der Waals surface area (Å²) in [6, 6.07) is 16.7. The minimum absolute atomic E-state index is 0.153. The van der Waals surface area contributed by atoms with Gasteiger partial charge in [-0.2, -0.15) is 0 Å². The molecule has 2 aromatic carbocycles. The topological polar surface area (TPSA) is 84.2 Å². The van der Waals surface area contributed by atoms with Crippen LogP contribution in [-0.2, 0) is 11.2 Å². The number of nitrogens with zero attached hydrogens (tertiary/aromatic N) is 1. The highest BCUT2D eigenvalue weighted by Crippen LogP contribution is 2.23. The summed E-state index contributed by atoms with van der Waals surface area (Å²) in [5.41, 5.74) is 4.30. The van der Waals surface area contributed by atoms with Crippen LogP contribution < -0.4 is 10.6 Å². The zero-order valence-electron chi connectivity index (χ0n) is 17.1. The average Bonchev–Trinajstić information content (AvgIpc) is 3.41. The van der Waals surface area contributed by atoms with Gasteiger partial charge in [0.25, 0.3) is 5.91 Å². The molecule has 30 heavy (non-hydrogen) atoms. The van der Waals surface area contributed by atoms with Crippen molar-refractivity contribution in [1.82, 2.24) is 15.8 Å². The van der Waals surface area contributed by atoms with Crippen LogP contribution in [0, 0.1) is 13.8 Å². The van der Waals surface area contributed by atoms with Gasteiger partial charge in [-0.3, -0.25) is 9.59 Å². The molecule has 1 atom stereocenters. The van der Waals surface area contributed by atoms with Crippen LogP contribution in [0.15, 0.2) is 59.1 Å². The third kappa shape index (κ3) is 4.76. The van der Waals surface area contributed by atoms with Crippen LogP contribution in [0.2, 0.25) is 0 Å². The number of aryl methyl sites for hydroxylation is 2. The van der Waals surface area contributed by atoms with Crippen LogP contribution in [0.3, 0.4) is 0 Å². The number of nitrogens with one attached hydrogen (secondary N) is 2. The number of amides is 2. The van der Waals surface area contributed by atoms with E-state index in [1.165, 1.54) is 5.56 Å². The maximum atomic E-state index is 12.8. The number of aromatic nitrogens is 1. The lowest BCUT2D eigenvalue weighted by Gasteiger charge is -2.18. The molecule has 0 aliphatic heterocycles. The molecule has 1 saturated carbocycles. The molecule has 154 valence electrons. The number of carbonyl (C=O) groups is 2. The minimum Gasteiger partial charge on any atom is -0.355 e. The lowest BCUT2D eigenvalue weighted by molar-refractivity contribution is -0.123. The smallest absolute Gasteiger partial charge is 0.274 e. The quantitative estimate of drug-likeness (QED) is 0.632. The van der Waals surface area contributed by atoms with Gasteiger partial charge in [0.2, 0.25) is 5.91 Å². The fraction of sp³-hybridized carbons (Fsp3) is 0.292. The number of rotatable bonds is 7. The fourth-order valence-corrected chi connectivity index (χ4v) is 3.23. The second-order valence-corrected chi connectivity index (χ2v) is 7.87. The van der Waals surface area contributed by atoms with Gasteiger partial charge in [-0.25, -0.2) is 0 Å². The van der Waals surface area contributed by atoms with Crippen LogP contribution >= 0.6 is 0 Å². The van der Waals surface area contributed by atoms with Crippen molar-refractivity contribution in [3.8, 4) is 11.3 Å². The molecule has 0 radical (unpaired) electrons. The number of benzene rings is 2. The summed E-state index contributed by atoms with van der Waals surface area (Å²) in [5, 5.41) is 9.72. The Labute approximate surface area is 175 Å². The van der Waals surface area contributed by atoms with E-state index >= 15 is 0 Å². The monoisotopic (exact) mass is 403 g/mol. The van der Waals surface area contributed by atoms with Gasteiger partial charge in [0.05, 0.1) is 0 Å². The van der Waals surface area contributed by atoms with E-state index in [4.69, 9.17) is 4.52 Å². The van der Waals surface area contributed by atoms with Crippen molar-refractivity contribution in [2.75, 3.05) is 0 Å². The van der Waals surface area contributed by atoms with Gasteiger partial charge in [-0.05, 0) is 49.4 Å². The highest BCUT2D eigenvalue weighted by molar-refractivity contribution is 5.96. The first kappa shape index (κ1) is 19.9. The molecule has 0 spiro atoms. The van der Waals surface area contributed by atoms with E-state index in [1.807, 2.05) is 62.4 Å². The zero-order valence-corrected chi connectivity index (χ0v) is 17.1. The Kier molecular flexibility index (Phi) is 5.65. The first-order chi connectivity index (χ1) is 14.5. The Morgan fingerprint density at radius 1 is 1.07 bits per heavy atom. The molecule has 6 heteroatoms. The summed E-state index contributed by atoms with van der Waals surface area (Å²) in [6.07, 6.45) is 2.38. The minimum atomic E-state index is -0.678. The van der Waals surface area contributed by atoms with E-state index in [1.54, 1.807) is 6.07 Å². The third-order valence-electron chi connectivity index (χ3n) is 5.36. The summed E-state index contributed by atoms with van der Waals surface area (Å²) < 4.78 is 5.39. The summed E-state index contributed by atoms with van der Waals surface area (Å²) in [6.45, 7) is 4.06. The van der Waals surface area contributed by atoms with Crippen LogP contribution in [0.25, 0.3) is 11.3 Å². The standard InChI is InChI=1S/C24H25N3O3/c1-15-8-9-18(12-16(15)2)22-14-21(27-30-22)24(29)26-20(23(28)25-19-10-11-19)13-17-6-4-3-5-7-17/h3-9,12,14,19-20H,10-11,13H2,1-2H3,(H,25,28)(H,26,29)/t20-/m0/s1. The molecule has 1 aromatic heterocycles. The van der Waals surface area contributed by atoms with E-state index in [0.29, 0.717) is 12.2 Å². The Hall–Kier alpha value is -3.41. The van der Waals surface area contributed by atoms with Crippen LogP contribution in [0.4, 0.5) is 0 Å². The van der Waals surface area contributed by atoms with E-state index < -0.39 is 11.9 Å². The molecule has 1 fully saturated rings. The molecule has 4 rings (SSSR count). The van der Waals surface area contributed by atoms with Gasteiger partial charge in [-0.1, -0.05) is 47.6 Å². The second-order valence-electron chi connectivity index (χ2n) is 7.87. The molecular formula is C24H25N3O3. The van der Waals surface area contributed by atoms with E-state index in [9.17, 15) is 9.59 Å². The Morgan fingerprint density at radius 2 is 1.83 bits per heavy atom. The maximum absolute atomic E-state index is 12.8. The number of carbonyl (C=O) groups excluding carboxylic acids is 2. The summed E-state index contributed by atoms with van der Waals surface area (Å²) in [4.78, 5) is 25.5. The normalized spacial score (nSPS) is 14.2. The molecular weight excluding hydrogens is 378 g/mol. The summed E-state index contributed by atoms with van der Waals surface area (Å²) >= 11 is 0. The van der Waals surface area contributed by atoms with E-state index in [-0.39, 0.29) is 17.6 Å². The molecule has 3 aromatic rings. The summed E-state index contributed by atoms with van der Waals surface area (Å²) in [7, 11) is 0. The lowest BCUT2D eigenvalue weighted by atomic mass is 10.0. The maximum Gasteiger partial charge on any atom is 0.274 e. The van der Waals surface area contributed by atoms with Gasteiger partial charge >= 0.3 is 0 Å². The molecule has 1 aliphatic rings. The van der Waals surface area contributed by atoms with Gasteiger partial charge in [0.1, 0.15) is 6.04 Å². The van der Waals surface area contributed by atoms with Crippen molar-refractivity contribution in [2.45, 2.75) is 45.2 Å². The highest BCUT2D eigenvalue weighted by Gasteiger charge is 2.29. The molecule has 1 aliphatic carbocycles. The zero-order chi connectivity index (χ0) is 21.1. The third-order valence-corrected chi connectivity index (χ3v) is 5.36. The predicted octanol–water partition coefficient (Wildman–Crippen LogP) is 3.58. The van der Waals surface area contributed by atoms with Gasteiger partial charge < -0.3 is 15.2 Å². The highest BCUT2D eigenvalue weighted by atomic mass is 16.5. The molecule has 2 N–H and O–H groups in total. The Morgan fingerprint density at radius 3 is 2.53 bits per heavy atom. The first-order valence-electron chi connectivity index (χ1n) is 10.2. The molecule has 2 amide bonds. The van der Waals surface area contributed by atoms with Crippen molar-refractivity contribution in [1.29, 1.82) is 0 Å². The number of hydrogen-bond acceptors (Lipinski definition) is 4. The largest absolute Gasteiger partial charge is 0.355 e. The van der Waals surface area contributed by atoms with Gasteiger partial charge in [0, 0.05) is 24.1 Å². The van der Waals surface area contributed by atoms with E-state index in [2.05, 4.69) is 15.8 Å². The van der Waals surface area contributed by atoms with Gasteiger partial charge in [0.15, 0.2) is 11.5 Å². The predicted molar refractivity (Wildman–Crippen MR) is 114 cm³/mol. The van der Waals surface area contributed by atoms with Crippen molar-refractivity contribution in [2.24, 2.45) is 0 Å². The molecule has 0 bridgehead atoms. The van der Waals surface area contributed by atoms with Crippen molar-refractivity contribution in [3.05, 3.63) is 77.0 Å². The SMILES string of the molecule is Cc1ccc(-c2cc(C(=O)N[C@@H](Cc3ccccc3)C(=O)NC3CC3)no2)cc1C. The summed E-state index contributed by atoms with van der Waals surface area (Å²) in [5.74, 6) is -0.0846. The average molecular weight is 403 g/mol. The van der Waals surface area contributed by atoms with Crippen molar-refractivity contribution in [3.63, 3.8) is 0 Å². The molecule has 6 nitrogen and oxygen atoms in total. The second kappa shape index (κ2) is 8.53. The van der Waals surface area contributed by atoms with Crippen LogP contribution in [-0.4, -0.2) is 29.1 Å². The van der Waals surface area contributed by atoms with Crippen molar-refractivity contribution < 1.29 is 14.1 Å². The molecule has 1 heterocycles.